The highest BCUT2D eigenvalue weighted by molar-refractivity contribution is 9.10. The van der Waals surface area contributed by atoms with Crippen molar-refractivity contribution in [3.05, 3.63) is 70.8 Å². The van der Waals surface area contributed by atoms with Gasteiger partial charge >= 0.3 is 5.97 Å². The van der Waals surface area contributed by atoms with Crippen LogP contribution in [0.15, 0.2) is 65.3 Å². The number of carbonyl (C=O) groups is 1. The lowest BCUT2D eigenvalue weighted by Crippen LogP contribution is -2.05. The van der Waals surface area contributed by atoms with E-state index in [1.54, 1.807) is 4.68 Å². The van der Waals surface area contributed by atoms with Crippen molar-refractivity contribution in [1.82, 2.24) is 9.78 Å². The van der Waals surface area contributed by atoms with Crippen LogP contribution in [0.3, 0.4) is 0 Å². The zero-order valence-corrected chi connectivity index (χ0v) is 14.2. The van der Waals surface area contributed by atoms with Gasteiger partial charge < -0.3 is 4.74 Å². The molecule has 0 atom stereocenters. The molecule has 0 aliphatic rings. The number of hydrogen-bond donors (Lipinski definition) is 0. The highest BCUT2D eigenvalue weighted by Crippen LogP contribution is 2.31. The molecule has 0 N–H and O–H groups in total. The number of nitrogens with zero attached hydrogens (tertiary/aromatic N) is 2. The van der Waals surface area contributed by atoms with Gasteiger partial charge in [0.25, 0.3) is 0 Å². The van der Waals surface area contributed by atoms with Gasteiger partial charge in [-0.25, -0.2) is 4.68 Å². The first-order valence-corrected chi connectivity index (χ1v) is 7.95. The summed E-state index contributed by atoms with van der Waals surface area (Å²) in [7, 11) is 1.39. The monoisotopic (exact) mass is 370 g/mol. The van der Waals surface area contributed by atoms with E-state index in [1.807, 2.05) is 60.7 Å². The topological polar surface area (TPSA) is 44.1 Å². The average molecular weight is 371 g/mol. The molecule has 0 saturated carbocycles. The van der Waals surface area contributed by atoms with Crippen LogP contribution in [-0.2, 0) is 16.0 Å². The van der Waals surface area contributed by atoms with E-state index in [2.05, 4.69) is 15.9 Å². The van der Waals surface area contributed by atoms with E-state index in [-0.39, 0.29) is 12.4 Å². The molecule has 0 unspecified atom stereocenters. The summed E-state index contributed by atoms with van der Waals surface area (Å²) in [5.74, 6) is -0.296. The molecule has 0 fully saturated rings. The van der Waals surface area contributed by atoms with Crippen LogP contribution in [0.4, 0.5) is 0 Å². The van der Waals surface area contributed by atoms with E-state index in [4.69, 9.17) is 9.84 Å². The number of esters is 1. The smallest absolute Gasteiger partial charge is 0.310 e. The number of hydrogen-bond acceptors (Lipinski definition) is 3. The summed E-state index contributed by atoms with van der Waals surface area (Å²) < 4.78 is 7.37. The molecule has 23 heavy (non-hydrogen) atoms. The summed E-state index contributed by atoms with van der Waals surface area (Å²) in [4.78, 5) is 11.8. The first-order chi connectivity index (χ1) is 11.2. The fourth-order valence-corrected chi connectivity index (χ4v) is 2.98. The molecule has 0 saturated heterocycles. The number of rotatable bonds is 4. The minimum Gasteiger partial charge on any atom is -0.469 e. The van der Waals surface area contributed by atoms with Crippen LogP contribution in [-0.4, -0.2) is 22.9 Å². The Bertz CT molecular complexity index is 814. The van der Waals surface area contributed by atoms with Crippen LogP contribution in [0.25, 0.3) is 16.9 Å². The lowest BCUT2D eigenvalue weighted by Gasteiger charge is -2.03. The van der Waals surface area contributed by atoms with E-state index in [1.165, 1.54) is 7.11 Å². The molecule has 0 radical (unpaired) electrons. The van der Waals surface area contributed by atoms with E-state index >= 15 is 0 Å². The van der Waals surface area contributed by atoms with Gasteiger partial charge in [0.2, 0.25) is 0 Å². The third kappa shape index (κ3) is 3.19. The molecule has 1 heterocycles. The van der Waals surface area contributed by atoms with Crippen molar-refractivity contribution in [2.24, 2.45) is 0 Å². The molecular formula is C18H15BrN2O2. The van der Waals surface area contributed by atoms with Crippen molar-refractivity contribution < 1.29 is 9.53 Å². The summed E-state index contributed by atoms with van der Waals surface area (Å²) in [6, 6.07) is 19.6. The van der Waals surface area contributed by atoms with Crippen molar-refractivity contribution in [3.63, 3.8) is 0 Å². The van der Waals surface area contributed by atoms with Gasteiger partial charge in [-0.3, -0.25) is 4.79 Å². The molecule has 3 aromatic rings. The van der Waals surface area contributed by atoms with Crippen LogP contribution >= 0.6 is 15.9 Å². The lowest BCUT2D eigenvalue weighted by atomic mass is 10.1. The second kappa shape index (κ2) is 6.79. The van der Waals surface area contributed by atoms with E-state index in [0.29, 0.717) is 0 Å². The zero-order valence-electron chi connectivity index (χ0n) is 12.6. The van der Waals surface area contributed by atoms with Crippen LogP contribution in [0.2, 0.25) is 0 Å². The maximum atomic E-state index is 11.8. The maximum absolute atomic E-state index is 11.8. The van der Waals surface area contributed by atoms with Crippen molar-refractivity contribution >= 4 is 21.9 Å². The molecule has 5 heteroatoms. The number of aromatic nitrogens is 2. The third-order valence-corrected chi connectivity index (χ3v) is 4.33. The quantitative estimate of drug-likeness (QED) is 0.651. The number of ether oxygens (including phenoxy) is 1. The molecule has 4 nitrogen and oxygen atoms in total. The summed E-state index contributed by atoms with van der Waals surface area (Å²) in [6.07, 6.45) is 0.161. The lowest BCUT2D eigenvalue weighted by molar-refractivity contribution is -0.139. The highest BCUT2D eigenvalue weighted by atomic mass is 79.9. The second-order valence-corrected chi connectivity index (χ2v) is 5.74. The predicted octanol–water partition coefficient (Wildman–Crippen LogP) is 4.02. The van der Waals surface area contributed by atoms with Gasteiger partial charge in [0, 0.05) is 11.1 Å². The van der Waals surface area contributed by atoms with Crippen LogP contribution in [0, 0.1) is 0 Å². The van der Waals surface area contributed by atoms with Gasteiger partial charge in [-0.15, -0.1) is 0 Å². The van der Waals surface area contributed by atoms with Crippen molar-refractivity contribution in [2.45, 2.75) is 6.42 Å². The molecule has 0 aliphatic heterocycles. The summed E-state index contributed by atoms with van der Waals surface area (Å²) in [6.45, 7) is 0. The molecule has 2 aromatic carbocycles. The minimum absolute atomic E-state index is 0.161. The van der Waals surface area contributed by atoms with Gasteiger partial charge in [-0.05, 0) is 28.1 Å². The largest absolute Gasteiger partial charge is 0.469 e. The minimum atomic E-state index is -0.296. The number of methoxy groups -OCH3 is 1. The molecule has 1 aromatic heterocycles. The van der Waals surface area contributed by atoms with Crippen molar-refractivity contribution in [1.29, 1.82) is 0 Å². The Labute approximate surface area is 142 Å². The maximum Gasteiger partial charge on any atom is 0.310 e. The summed E-state index contributed by atoms with van der Waals surface area (Å²) in [5, 5.41) is 4.70. The average Bonchev–Trinajstić information content (AvgIpc) is 2.93. The van der Waals surface area contributed by atoms with E-state index < -0.39 is 0 Å². The molecule has 0 spiro atoms. The van der Waals surface area contributed by atoms with Gasteiger partial charge in [0.1, 0.15) is 4.60 Å². The summed E-state index contributed by atoms with van der Waals surface area (Å²) in [5.41, 5.74) is 3.47. The second-order valence-electron chi connectivity index (χ2n) is 4.98. The Morgan fingerprint density at radius 3 is 2.30 bits per heavy atom. The predicted molar refractivity (Wildman–Crippen MR) is 92.4 cm³/mol. The molecule has 0 bridgehead atoms. The fraction of sp³-hybridized carbons (Fsp3) is 0.111. The number of halogens is 1. The van der Waals surface area contributed by atoms with Gasteiger partial charge in [-0.1, -0.05) is 48.5 Å². The van der Waals surface area contributed by atoms with Gasteiger partial charge in [0.15, 0.2) is 0 Å². The number of benzene rings is 2. The first-order valence-electron chi connectivity index (χ1n) is 7.15. The van der Waals surface area contributed by atoms with E-state index in [9.17, 15) is 4.79 Å². The Morgan fingerprint density at radius 1 is 1.09 bits per heavy atom. The Morgan fingerprint density at radius 2 is 1.70 bits per heavy atom. The van der Waals surface area contributed by atoms with Crippen LogP contribution < -0.4 is 0 Å². The molecule has 0 aliphatic carbocycles. The third-order valence-electron chi connectivity index (χ3n) is 3.52. The van der Waals surface area contributed by atoms with E-state index in [0.717, 1.165) is 27.1 Å². The Balaban J connectivity index is 2.16. The fourth-order valence-electron chi connectivity index (χ4n) is 2.37. The SMILES string of the molecule is COC(=O)Cc1c(-c2ccccc2)nn(-c2ccccc2)c1Br. The standard InChI is InChI=1S/C18H15BrN2O2/c1-23-16(22)12-15-17(13-8-4-2-5-9-13)20-21(18(15)19)14-10-6-3-7-11-14/h2-11H,12H2,1H3. The summed E-state index contributed by atoms with van der Waals surface area (Å²) >= 11 is 3.59. The van der Waals surface area contributed by atoms with Crippen LogP contribution in [0.1, 0.15) is 5.56 Å². The number of para-hydroxylation sites is 1. The molecule has 3 rings (SSSR count). The van der Waals surface area contributed by atoms with Crippen LogP contribution in [0.5, 0.6) is 0 Å². The zero-order chi connectivity index (χ0) is 16.2. The van der Waals surface area contributed by atoms with Crippen molar-refractivity contribution in [2.75, 3.05) is 7.11 Å². The van der Waals surface area contributed by atoms with Gasteiger partial charge in [-0.2, -0.15) is 5.10 Å². The Hall–Kier alpha value is -2.40. The highest BCUT2D eigenvalue weighted by Gasteiger charge is 2.20. The van der Waals surface area contributed by atoms with Crippen molar-refractivity contribution in [3.8, 4) is 16.9 Å². The molecule has 0 amide bonds. The normalized spacial score (nSPS) is 10.5. The Kier molecular flexibility index (Phi) is 4.57. The first kappa shape index (κ1) is 15.5. The molecular weight excluding hydrogens is 356 g/mol. The molecule has 116 valence electrons. The van der Waals surface area contributed by atoms with Gasteiger partial charge in [0.05, 0.1) is 24.9 Å². The number of carbonyl (C=O) groups excluding carboxylic acids is 1.